The van der Waals surface area contributed by atoms with Gasteiger partial charge in [-0.15, -0.1) is 0 Å². The van der Waals surface area contributed by atoms with Crippen LogP contribution in [0.4, 0.5) is 0 Å². The molecule has 2 aromatic rings. The fraction of sp³-hybridized carbons (Fsp3) is 0.458. The van der Waals surface area contributed by atoms with Gasteiger partial charge in [-0.2, -0.15) is 0 Å². The van der Waals surface area contributed by atoms with Gasteiger partial charge in [0, 0.05) is 13.0 Å². The molecule has 148 valence electrons. The van der Waals surface area contributed by atoms with E-state index >= 15 is 0 Å². The second-order valence-corrected chi connectivity index (χ2v) is 8.18. The Balaban J connectivity index is 1.29. The number of nitrogens with one attached hydrogen (secondary N) is 1. The summed E-state index contributed by atoms with van der Waals surface area (Å²) in [6.45, 7) is 1.02. The van der Waals surface area contributed by atoms with E-state index in [4.69, 9.17) is 9.47 Å². The van der Waals surface area contributed by atoms with Crippen LogP contribution in [-0.2, 0) is 17.9 Å². The molecule has 0 heterocycles. The van der Waals surface area contributed by atoms with Crippen LogP contribution >= 0.6 is 0 Å². The summed E-state index contributed by atoms with van der Waals surface area (Å²) < 4.78 is 11.4. The lowest BCUT2D eigenvalue weighted by Crippen LogP contribution is -2.26. The normalized spacial score (nSPS) is 22.8. The molecule has 2 aliphatic carbocycles. The van der Waals surface area contributed by atoms with Crippen molar-refractivity contribution in [3.63, 3.8) is 0 Å². The summed E-state index contributed by atoms with van der Waals surface area (Å²) >= 11 is 0. The molecule has 4 rings (SSSR count). The van der Waals surface area contributed by atoms with Crippen molar-refractivity contribution in [3.05, 3.63) is 59.7 Å². The Morgan fingerprint density at radius 2 is 1.89 bits per heavy atom. The number of carbonyl (C=O) groups is 1. The maximum atomic E-state index is 12.4. The van der Waals surface area contributed by atoms with Crippen LogP contribution in [-0.4, -0.2) is 13.0 Å². The first-order chi connectivity index (χ1) is 13.7. The first-order valence-corrected chi connectivity index (χ1v) is 10.3. The van der Waals surface area contributed by atoms with E-state index in [9.17, 15) is 4.79 Å². The minimum atomic E-state index is 0.168. The fourth-order valence-corrected chi connectivity index (χ4v) is 4.81. The SMILES string of the molecule is COc1cc(CNC(=O)C[C@H]2C[C@@H]3CC[C@@H]2C3)ccc1OCc1ccccc1. The molecular formula is C24H29NO3. The number of hydrogen-bond acceptors (Lipinski definition) is 3. The molecule has 1 amide bonds. The van der Waals surface area contributed by atoms with E-state index in [0.29, 0.717) is 37.0 Å². The van der Waals surface area contributed by atoms with Gasteiger partial charge in [0.15, 0.2) is 11.5 Å². The van der Waals surface area contributed by atoms with Gasteiger partial charge in [0.2, 0.25) is 5.91 Å². The van der Waals surface area contributed by atoms with Gasteiger partial charge in [0.25, 0.3) is 0 Å². The molecule has 0 aliphatic heterocycles. The van der Waals surface area contributed by atoms with Crippen molar-refractivity contribution in [1.82, 2.24) is 5.32 Å². The molecule has 4 nitrogen and oxygen atoms in total. The second kappa shape index (κ2) is 8.68. The van der Waals surface area contributed by atoms with Crippen LogP contribution < -0.4 is 14.8 Å². The lowest BCUT2D eigenvalue weighted by Gasteiger charge is -2.21. The van der Waals surface area contributed by atoms with Gasteiger partial charge in [-0.25, -0.2) is 0 Å². The lowest BCUT2D eigenvalue weighted by molar-refractivity contribution is -0.122. The van der Waals surface area contributed by atoms with Crippen molar-refractivity contribution in [2.75, 3.05) is 7.11 Å². The number of hydrogen-bond donors (Lipinski definition) is 1. The molecule has 0 radical (unpaired) electrons. The van der Waals surface area contributed by atoms with Gasteiger partial charge in [-0.05, 0) is 60.3 Å². The molecule has 3 atom stereocenters. The van der Waals surface area contributed by atoms with E-state index in [1.165, 1.54) is 25.7 Å². The zero-order valence-electron chi connectivity index (χ0n) is 16.5. The number of methoxy groups -OCH3 is 1. The Morgan fingerprint density at radius 3 is 2.61 bits per heavy atom. The molecule has 2 aromatic carbocycles. The highest BCUT2D eigenvalue weighted by atomic mass is 16.5. The van der Waals surface area contributed by atoms with E-state index in [0.717, 1.165) is 23.0 Å². The van der Waals surface area contributed by atoms with E-state index in [-0.39, 0.29) is 5.91 Å². The maximum Gasteiger partial charge on any atom is 0.220 e. The predicted octanol–water partition coefficient (Wildman–Crippen LogP) is 4.72. The quantitative estimate of drug-likeness (QED) is 0.722. The highest BCUT2D eigenvalue weighted by Crippen LogP contribution is 2.49. The van der Waals surface area contributed by atoms with Gasteiger partial charge < -0.3 is 14.8 Å². The first-order valence-electron chi connectivity index (χ1n) is 10.3. The maximum absolute atomic E-state index is 12.4. The zero-order valence-corrected chi connectivity index (χ0v) is 16.5. The van der Waals surface area contributed by atoms with Crippen molar-refractivity contribution in [2.45, 2.75) is 45.3 Å². The summed E-state index contributed by atoms with van der Waals surface area (Å²) in [7, 11) is 1.64. The molecule has 0 unspecified atom stereocenters. The molecule has 28 heavy (non-hydrogen) atoms. The molecule has 2 bridgehead atoms. The zero-order chi connectivity index (χ0) is 19.3. The predicted molar refractivity (Wildman–Crippen MR) is 109 cm³/mol. The molecule has 0 aromatic heterocycles. The number of carbonyl (C=O) groups excluding carboxylic acids is 1. The standard InChI is InChI=1S/C24H29NO3/c1-27-23-13-19(8-10-22(23)28-16-17-5-3-2-4-6-17)15-25-24(26)14-21-12-18-7-9-20(21)11-18/h2-6,8,10,13,18,20-21H,7,9,11-12,14-16H2,1H3,(H,25,26)/t18-,20-,21-/m1/s1. The van der Waals surface area contributed by atoms with Crippen LogP contribution in [0.15, 0.2) is 48.5 Å². The summed E-state index contributed by atoms with van der Waals surface area (Å²) in [4.78, 5) is 12.4. The van der Waals surface area contributed by atoms with Crippen LogP contribution in [0.1, 0.15) is 43.2 Å². The molecule has 4 heteroatoms. The Kier molecular flexibility index (Phi) is 5.84. The number of amides is 1. The molecule has 0 spiro atoms. The fourth-order valence-electron chi connectivity index (χ4n) is 4.81. The Morgan fingerprint density at radius 1 is 1.04 bits per heavy atom. The van der Waals surface area contributed by atoms with Crippen molar-refractivity contribution in [3.8, 4) is 11.5 Å². The van der Waals surface area contributed by atoms with Crippen LogP contribution in [0.25, 0.3) is 0 Å². The summed E-state index contributed by atoms with van der Waals surface area (Å²) in [5, 5.41) is 3.08. The van der Waals surface area contributed by atoms with E-state index < -0.39 is 0 Å². The third kappa shape index (κ3) is 4.49. The van der Waals surface area contributed by atoms with Crippen LogP contribution in [0.5, 0.6) is 11.5 Å². The van der Waals surface area contributed by atoms with Crippen LogP contribution in [0.3, 0.4) is 0 Å². The smallest absolute Gasteiger partial charge is 0.220 e. The summed E-state index contributed by atoms with van der Waals surface area (Å²) in [5.74, 6) is 3.84. The highest BCUT2D eigenvalue weighted by Gasteiger charge is 2.39. The summed E-state index contributed by atoms with van der Waals surface area (Å²) in [5.41, 5.74) is 2.13. The average molecular weight is 380 g/mol. The molecule has 2 aliphatic rings. The minimum absolute atomic E-state index is 0.168. The van der Waals surface area contributed by atoms with Crippen molar-refractivity contribution in [1.29, 1.82) is 0 Å². The van der Waals surface area contributed by atoms with Crippen molar-refractivity contribution < 1.29 is 14.3 Å². The van der Waals surface area contributed by atoms with E-state index in [2.05, 4.69) is 5.32 Å². The molecule has 0 saturated heterocycles. The Hall–Kier alpha value is -2.49. The van der Waals surface area contributed by atoms with Crippen LogP contribution in [0, 0.1) is 17.8 Å². The number of ether oxygens (including phenoxy) is 2. The molecule has 2 fully saturated rings. The largest absolute Gasteiger partial charge is 0.493 e. The van der Waals surface area contributed by atoms with E-state index in [1.54, 1.807) is 7.11 Å². The minimum Gasteiger partial charge on any atom is -0.493 e. The second-order valence-electron chi connectivity index (χ2n) is 8.18. The number of rotatable bonds is 8. The third-order valence-corrected chi connectivity index (χ3v) is 6.29. The molecular weight excluding hydrogens is 350 g/mol. The number of benzene rings is 2. The monoisotopic (exact) mass is 379 g/mol. The Labute approximate surface area is 167 Å². The van der Waals surface area contributed by atoms with Crippen LogP contribution in [0.2, 0.25) is 0 Å². The first kappa shape index (κ1) is 18.9. The number of fused-ring (bicyclic) bond motifs is 2. The van der Waals surface area contributed by atoms with Gasteiger partial charge in [0.05, 0.1) is 7.11 Å². The topological polar surface area (TPSA) is 47.6 Å². The lowest BCUT2D eigenvalue weighted by atomic mass is 9.86. The summed E-state index contributed by atoms with van der Waals surface area (Å²) in [6, 6.07) is 15.9. The van der Waals surface area contributed by atoms with E-state index in [1.807, 2.05) is 48.5 Å². The van der Waals surface area contributed by atoms with Crippen molar-refractivity contribution in [2.24, 2.45) is 17.8 Å². The molecule has 2 saturated carbocycles. The Bertz CT molecular complexity index is 805. The van der Waals surface area contributed by atoms with Crippen molar-refractivity contribution >= 4 is 5.91 Å². The molecule has 1 N–H and O–H groups in total. The van der Waals surface area contributed by atoms with Gasteiger partial charge in [0.1, 0.15) is 6.61 Å². The van der Waals surface area contributed by atoms with Gasteiger partial charge in [-0.3, -0.25) is 4.79 Å². The van der Waals surface area contributed by atoms with Gasteiger partial charge >= 0.3 is 0 Å². The highest BCUT2D eigenvalue weighted by molar-refractivity contribution is 5.76. The summed E-state index contributed by atoms with van der Waals surface area (Å²) in [6.07, 6.45) is 5.97. The average Bonchev–Trinajstić information content (AvgIpc) is 3.35. The van der Waals surface area contributed by atoms with Gasteiger partial charge in [-0.1, -0.05) is 42.8 Å². The third-order valence-electron chi connectivity index (χ3n) is 6.29.